The summed E-state index contributed by atoms with van der Waals surface area (Å²) in [7, 11) is -3.46. The van der Waals surface area contributed by atoms with E-state index in [0.29, 0.717) is 36.0 Å². The first kappa shape index (κ1) is 18.6. The van der Waals surface area contributed by atoms with E-state index in [-0.39, 0.29) is 24.2 Å². The summed E-state index contributed by atoms with van der Waals surface area (Å²) in [4.78, 5) is 12.3. The van der Waals surface area contributed by atoms with E-state index in [4.69, 9.17) is 14.2 Å². The maximum Gasteiger partial charge on any atom is 0.262 e. The SMILES string of the molecule is O=C(COc1ccc(S(=O)(=O)N2CCCC2)cc1)Nc1ccc2c(c1)OCO2. The summed E-state index contributed by atoms with van der Waals surface area (Å²) in [6, 6.07) is 11.2. The molecule has 1 fully saturated rings. The summed E-state index contributed by atoms with van der Waals surface area (Å²) in [5.74, 6) is 1.29. The molecule has 2 heterocycles. The highest BCUT2D eigenvalue weighted by molar-refractivity contribution is 7.89. The summed E-state index contributed by atoms with van der Waals surface area (Å²) in [6.45, 7) is 1.08. The Labute approximate surface area is 163 Å². The largest absolute Gasteiger partial charge is 0.484 e. The lowest BCUT2D eigenvalue weighted by molar-refractivity contribution is -0.118. The smallest absolute Gasteiger partial charge is 0.262 e. The van der Waals surface area contributed by atoms with Gasteiger partial charge in [-0.1, -0.05) is 0 Å². The number of anilines is 1. The van der Waals surface area contributed by atoms with E-state index in [1.54, 1.807) is 30.3 Å². The van der Waals surface area contributed by atoms with Crippen molar-refractivity contribution < 1.29 is 27.4 Å². The number of nitrogens with zero attached hydrogens (tertiary/aromatic N) is 1. The predicted octanol–water partition coefficient (Wildman–Crippen LogP) is 2.22. The summed E-state index contributed by atoms with van der Waals surface area (Å²) in [5, 5.41) is 2.71. The molecule has 0 spiro atoms. The minimum absolute atomic E-state index is 0.166. The molecule has 0 aromatic heterocycles. The van der Waals surface area contributed by atoms with Crippen molar-refractivity contribution in [3.8, 4) is 17.2 Å². The molecule has 9 heteroatoms. The number of ether oxygens (including phenoxy) is 3. The van der Waals surface area contributed by atoms with Crippen LogP contribution in [0.3, 0.4) is 0 Å². The number of nitrogens with one attached hydrogen (secondary N) is 1. The summed E-state index contributed by atoms with van der Waals surface area (Å²) in [5.41, 5.74) is 0.574. The zero-order valence-corrected chi connectivity index (χ0v) is 15.9. The van der Waals surface area contributed by atoms with Gasteiger partial charge in [0, 0.05) is 24.8 Å². The Balaban J connectivity index is 1.33. The highest BCUT2D eigenvalue weighted by atomic mass is 32.2. The molecular formula is C19H20N2O6S. The first-order valence-electron chi connectivity index (χ1n) is 8.95. The van der Waals surface area contributed by atoms with Crippen LogP contribution < -0.4 is 19.5 Å². The molecule has 2 aliphatic heterocycles. The molecule has 0 atom stereocenters. The molecule has 8 nitrogen and oxygen atoms in total. The molecular weight excluding hydrogens is 384 g/mol. The van der Waals surface area contributed by atoms with Crippen LogP contribution in [0.4, 0.5) is 5.69 Å². The van der Waals surface area contributed by atoms with Gasteiger partial charge in [-0.3, -0.25) is 4.79 Å². The van der Waals surface area contributed by atoms with Gasteiger partial charge in [0.1, 0.15) is 5.75 Å². The van der Waals surface area contributed by atoms with Gasteiger partial charge in [0.15, 0.2) is 18.1 Å². The van der Waals surface area contributed by atoms with Gasteiger partial charge >= 0.3 is 0 Å². The average molecular weight is 404 g/mol. The third-order valence-corrected chi connectivity index (χ3v) is 6.47. The van der Waals surface area contributed by atoms with Gasteiger partial charge in [0.25, 0.3) is 5.91 Å². The lowest BCUT2D eigenvalue weighted by Gasteiger charge is -2.15. The highest BCUT2D eigenvalue weighted by Gasteiger charge is 2.27. The number of hydrogen-bond donors (Lipinski definition) is 1. The lowest BCUT2D eigenvalue weighted by Crippen LogP contribution is -2.27. The Hall–Kier alpha value is -2.78. The second-order valence-corrected chi connectivity index (χ2v) is 8.43. The first-order valence-corrected chi connectivity index (χ1v) is 10.4. The Morgan fingerprint density at radius 1 is 1.04 bits per heavy atom. The van der Waals surface area contributed by atoms with E-state index in [2.05, 4.69) is 5.32 Å². The second-order valence-electron chi connectivity index (χ2n) is 6.49. The number of sulfonamides is 1. The zero-order chi connectivity index (χ0) is 19.6. The van der Waals surface area contributed by atoms with Gasteiger partial charge < -0.3 is 19.5 Å². The number of carbonyl (C=O) groups is 1. The van der Waals surface area contributed by atoms with Crippen molar-refractivity contribution in [1.29, 1.82) is 0 Å². The number of amides is 1. The average Bonchev–Trinajstić information content (AvgIpc) is 3.38. The van der Waals surface area contributed by atoms with Crippen molar-refractivity contribution in [3.05, 3.63) is 42.5 Å². The highest BCUT2D eigenvalue weighted by Crippen LogP contribution is 2.34. The first-order chi connectivity index (χ1) is 13.5. The van der Waals surface area contributed by atoms with Crippen molar-refractivity contribution in [3.63, 3.8) is 0 Å². The van der Waals surface area contributed by atoms with E-state index < -0.39 is 10.0 Å². The topological polar surface area (TPSA) is 94.2 Å². The van der Waals surface area contributed by atoms with E-state index in [9.17, 15) is 13.2 Å². The lowest BCUT2D eigenvalue weighted by atomic mass is 10.3. The number of rotatable bonds is 6. The van der Waals surface area contributed by atoms with Crippen LogP contribution in [-0.2, 0) is 14.8 Å². The number of hydrogen-bond acceptors (Lipinski definition) is 6. The molecule has 1 saturated heterocycles. The molecule has 0 unspecified atom stereocenters. The van der Waals surface area contributed by atoms with Gasteiger partial charge in [-0.05, 0) is 49.2 Å². The van der Waals surface area contributed by atoms with Crippen LogP contribution in [0, 0.1) is 0 Å². The van der Waals surface area contributed by atoms with Crippen LogP contribution in [0.15, 0.2) is 47.4 Å². The normalized spacial score (nSPS) is 16.1. The molecule has 2 aromatic rings. The summed E-state index contributed by atoms with van der Waals surface area (Å²) in [6.07, 6.45) is 1.78. The van der Waals surface area contributed by atoms with Crippen molar-refractivity contribution in [1.82, 2.24) is 4.31 Å². The van der Waals surface area contributed by atoms with E-state index in [0.717, 1.165) is 12.8 Å². The maximum absolute atomic E-state index is 12.5. The molecule has 4 rings (SSSR count). The van der Waals surface area contributed by atoms with Crippen molar-refractivity contribution >= 4 is 21.6 Å². The second kappa shape index (κ2) is 7.69. The number of benzene rings is 2. The van der Waals surface area contributed by atoms with Crippen LogP contribution in [0.2, 0.25) is 0 Å². The maximum atomic E-state index is 12.5. The van der Waals surface area contributed by atoms with Gasteiger partial charge in [0.05, 0.1) is 4.90 Å². The minimum atomic E-state index is -3.46. The monoisotopic (exact) mass is 404 g/mol. The fraction of sp³-hybridized carbons (Fsp3) is 0.316. The third-order valence-electron chi connectivity index (χ3n) is 4.55. The fourth-order valence-corrected chi connectivity index (χ4v) is 4.62. The number of fused-ring (bicyclic) bond motifs is 1. The Kier molecular flexibility index (Phi) is 5.10. The van der Waals surface area contributed by atoms with Crippen LogP contribution in [-0.4, -0.2) is 45.1 Å². The van der Waals surface area contributed by atoms with Gasteiger partial charge in [-0.15, -0.1) is 0 Å². The van der Waals surface area contributed by atoms with Crippen molar-refractivity contribution in [2.24, 2.45) is 0 Å². The molecule has 0 aliphatic carbocycles. The Morgan fingerprint density at radius 2 is 1.75 bits per heavy atom. The van der Waals surface area contributed by atoms with Gasteiger partial charge in [0.2, 0.25) is 16.8 Å². The van der Waals surface area contributed by atoms with E-state index >= 15 is 0 Å². The molecule has 148 valence electrons. The molecule has 1 N–H and O–H groups in total. The fourth-order valence-electron chi connectivity index (χ4n) is 3.11. The van der Waals surface area contributed by atoms with Gasteiger partial charge in [-0.2, -0.15) is 4.31 Å². The summed E-state index contributed by atoms with van der Waals surface area (Å²) < 4.78 is 42.4. The molecule has 2 aliphatic rings. The summed E-state index contributed by atoms with van der Waals surface area (Å²) >= 11 is 0. The van der Waals surface area contributed by atoms with Crippen LogP contribution in [0.5, 0.6) is 17.2 Å². The van der Waals surface area contributed by atoms with E-state index in [1.165, 1.54) is 16.4 Å². The van der Waals surface area contributed by atoms with Crippen molar-refractivity contribution in [2.45, 2.75) is 17.7 Å². The van der Waals surface area contributed by atoms with Gasteiger partial charge in [-0.25, -0.2) is 8.42 Å². The molecule has 0 saturated carbocycles. The molecule has 0 bridgehead atoms. The van der Waals surface area contributed by atoms with Crippen molar-refractivity contribution in [2.75, 3.05) is 31.8 Å². The van der Waals surface area contributed by atoms with E-state index in [1.807, 2.05) is 0 Å². The minimum Gasteiger partial charge on any atom is -0.484 e. The molecule has 28 heavy (non-hydrogen) atoms. The number of carbonyl (C=O) groups excluding carboxylic acids is 1. The van der Waals surface area contributed by atoms with Crippen LogP contribution in [0.25, 0.3) is 0 Å². The molecule has 2 aromatic carbocycles. The molecule has 0 radical (unpaired) electrons. The standard InChI is InChI=1S/C19H20N2O6S/c22-19(20-14-3-8-17-18(11-14)27-13-26-17)12-25-15-4-6-16(7-5-15)28(23,24)21-9-1-2-10-21/h3-8,11H,1-2,9-10,12-13H2,(H,20,22). The van der Waals surface area contributed by atoms with Crippen LogP contribution >= 0.6 is 0 Å². The van der Waals surface area contributed by atoms with Crippen LogP contribution in [0.1, 0.15) is 12.8 Å². The predicted molar refractivity (Wildman–Crippen MR) is 101 cm³/mol. The Morgan fingerprint density at radius 3 is 2.50 bits per heavy atom. The quantitative estimate of drug-likeness (QED) is 0.793. The third kappa shape index (κ3) is 3.90. The molecule has 1 amide bonds. The Bertz CT molecular complexity index is 968. The zero-order valence-electron chi connectivity index (χ0n) is 15.1.